The molecule has 3 aromatic heterocycles. The van der Waals surface area contributed by atoms with E-state index in [0.29, 0.717) is 29.6 Å². The van der Waals surface area contributed by atoms with E-state index in [-0.39, 0.29) is 11.5 Å². The topological polar surface area (TPSA) is 69.3 Å². The molecule has 2 atom stereocenters. The molecule has 0 spiro atoms. The molecule has 1 saturated carbocycles. The molecule has 2 aliphatic rings. The van der Waals surface area contributed by atoms with Gasteiger partial charge in [-0.15, -0.1) is 22.7 Å². The van der Waals surface area contributed by atoms with Gasteiger partial charge in [0.2, 0.25) is 5.91 Å². The predicted octanol–water partition coefficient (Wildman–Crippen LogP) is 3.01. The molecular formula is C20H22N4O2S2. The van der Waals surface area contributed by atoms with E-state index >= 15 is 0 Å². The Hall–Kier alpha value is -2.03. The van der Waals surface area contributed by atoms with Crippen molar-refractivity contribution in [3.05, 3.63) is 39.1 Å². The van der Waals surface area contributed by atoms with Crippen LogP contribution in [0.4, 0.5) is 0 Å². The van der Waals surface area contributed by atoms with E-state index in [9.17, 15) is 9.59 Å². The molecule has 2 fully saturated rings. The Bertz CT molecular complexity index is 1060. The molecule has 6 nitrogen and oxygen atoms in total. The first-order valence-electron chi connectivity index (χ1n) is 9.65. The molecule has 28 heavy (non-hydrogen) atoms. The smallest absolute Gasteiger partial charge is 0.260 e. The standard InChI is InChI=1S/C20H22N4O2S2/c1-12-9-13(12)20(26)24-6-4-23(5-7-24)10-16-21-18(25)17-14(11-28-19(17)22-16)15-3-2-8-27-15/h2-3,8,11-13H,4-7,9-10H2,1H3,(H,21,22,25)/t12-,13-/m0/s1. The number of aromatic nitrogens is 2. The summed E-state index contributed by atoms with van der Waals surface area (Å²) in [6.07, 6.45) is 1.04. The minimum Gasteiger partial charge on any atom is -0.340 e. The van der Waals surface area contributed by atoms with Crippen LogP contribution in [0.3, 0.4) is 0 Å². The molecule has 0 aromatic carbocycles. The van der Waals surface area contributed by atoms with Gasteiger partial charge >= 0.3 is 0 Å². The molecular weight excluding hydrogens is 392 g/mol. The Balaban J connectivity index is 1.29. The van der Waals surface area contributed by atoms with Gasteiger partial charge in [-0.3, -0.25) is 14.5 Å². The third kappa shape index (κ3) is 3.29. The lowest BCUT2D eigenvalue weighted by Crippen LogP contribution is -2.49. The van der Waals surface area contributed by atoms with Crippen molar-refractivity contribution in [3.63, 3.8) is 0 Å². The Morgan fingerprint density at radius 3 is 2.75 bits per heavy atom. The molecule has 8 heteroatoms. The van der Waals surface area contributed by atoms with E-state index in [1.54, 1.807) is 11.3 Å². The van der Waals surface area contributed by atoms with Crippen LogP contribution in [-0.4, -0.2) is 51.9 Å². The summed E-state index contributed by atoms with van der Waals surface area (Å²) in [5.41, 5.74) is 0.901. The summed E-state index contributed by atoms with van der Waals surface area (Å²) in [5, 5.41) is 4.72. The summed E-state index contributed by atoms with van der Waals surface area (Å²) < 4.78 is 0. The molecule has 146 valence electrons. The van der Waals surface area contributed by atoms with E-state index in [1.165, 1.54) is 11.3 Å². The second-order valence-corrected chi connectivity index (χ2v) is 9.55. The first-order valence-corrected chi connectivity index (χ1v) is 11.4. The monoisotopic (exact) mass is 414 g/mol. The number of nitrogens with one attached hydrogen (secondary N) is 1. The number of hydrogen-bond donors (Lipinski definition) is 1. The highest BCUT2D eigenvalue weighted by Crippen LogP contribution is 2.39. The number of rotatable bonds is 4. The maximum absolute atomic E-state index is 12.7. The number of piperazine rings is 1. The van der Waals surface area contributed by atoms with Crippen molar-refractivity contribution in [2.75, 3.05) is 26.2 Å². The zero-order valence-electron chi connectivity index (χ0n) is 15.7. The maximum atomic E-state index is 12.7. The number of thiophene rings is 2. The SMILES string of the molecule is C[C@H]1C[C@@H]1C(=O)N1CCN(Cc2nc3scc(-c4cccs4)c3c(=O)[nH]2)CC1. The zero-order valence-corrected chi connectivity index (χ0v) is 17.3. The number of nitrogens with zero attached hydrogens (tertiary/aromatic N) is 3. The van der Waals surface area contributed by atoms with Crippen LogP contribution in [0.5, 0.6) is 0 Å². The van der Waals surface area contributed by atoms with Gasteiger partial charge in [0.05, 0.1) is 11.9 Å². The summed E-state index contributed by atoms with van der Waals surface area (Å²) in [4.78, 5) is 38.9. The second kappa shape index (κ2) is 7.09. The van der Waals surface area contributed by atoms with Gasteiger partial charge in [0.25, 0.3) is 5.56 Å². The molecule has 1 saturated heterocycles. The number of H-pyrrole nitrogens is 1. The first kappa shape index (κ1) is 18.0. The van der Waals surface area contributed by atoms with Crippen molar-refractivity contribution in [2.45, 2.75) is 19.9 Å². The fraction of sp³-hybridized carbons (Fsp3) is 0.450. The largest absolute Gasteiger partial charge is 0.340 e. The zero-order chi connectivity index (χ0) is 19.3. The molecule has 1 amide bonds. The van der Waals surface area contributed by atoms with Gasteiger partial charge in [-0.2, -0.15) is 0 Å². The summed E-state index contributed by atoms with van der Waals surface area (Å²) in [6.45, 7) is 5.91. The van der Waals surface area contributed by atoms with Crippen molar-refractivity contribution >= 4 is 38.8 Å². The Morgan fingerprint density at radius 2 is 2.07 bits per heavy atom. The maximum Gasteiger partial charge on any atom is 0.260 e. The van der Waals surface area contributed by atoms with Crippen LogP contribution < -0.4 is 5.56 Å². The Morgan fingerprint density at radius 1 is 1.29 bits per heavy atom. The lowest BCUT2D eigenvalue weighted by atomic mass is 10.2. The van der Waals surface area contributed by atoms with Gasteiger partial charge in [-0.25, -0.2) is 4.98 Å². The molecule has 1 aliphatic carbocycles. The van der Waals surface area contributed by atoms with E-state index in [0.717, 1.165) is 47.9 Å². The molecule has 5 rings (SSSR count). The van der Waals surface area contributed by atoms with E-state index < -0.39 is 0 Å². The molecule has 1 N–H and O–H groups in total. The van der Waals surface area contributed by atoms with Gasteiger partial charge in [-0.1, -0.05) is 13.0 Å². The Labute approximate surface area is 170 Å². The minimum absolute atomic E-state index is 0.0683. The van der Waals surface area contributed by atoms with Crippen molar-refractivity contribution in [3.8, 4) is 10.4 Å². The van der Waals surface area contributed by atoms with Crippen molar-refractivity contribution in [2.24, 2.45) is 11.8 Å². The number of fused-ring (bicyclic) bond motifs is 1. The third-order valence-corrected chi connectivity index (χ3v) is 7.54. The molecule has 1 aliphatic heterocycles. The highest BCUT2D eigenvalue weighted by atomic mass is 32.1. The first-order chi connectivity index (χ1) is 13.6. The molecule has 3 aromatic rings. The highest BCUT2D eigenvalue weighted by Gasteiger charge is 2.41. The van der Waals surface area contributed by atoms with Crippen LogP contribution in [0.15, 0.2) is 27.7 Å². The van der Waals surface area contributed by atoms with Crippen LogP contribution in [0.25, 0.3) is 20.7 Å². The highest BCUT2D eigenvalue weighted by molar-refractivity contribution is 7.18. The second-order valence-electron chi connectivity index (χ2n) is 7.74. The Kier molecular flexibility index (Phi) is 4.57. The van der Waals surface area contributed by atoms with Gasteiger partial charge < -0.3 is 9.88 Å². The number of amides is 1. The average Bonchev–Trinajstić information content (AvgIpc) is 3.09. The van der Waals surface area contributed by atoms with E-state index in [4.69, 9.17) is 4.98 Å². The summed E-state index contributed by atoms with van der Waals surface area (Å²) >= 11 is 3.15. The third-order valence-electron chi connectivity index (χ3n) is 5.76. The van der Waals surface area contributed by atoms with Crippen molar-refractivity contribution in [1.29, 1.82) is 0 Å². The van der Waals surface area contributed by atoms with Crippen molar-refractivity contribution < 1.29 is 4.79 Å². The lowest BCUT2D eigenvalue weighted by Gasteiger charge is -2.34. The fourth-order valence-electron chi connectivity index (χ4n) is 3.92. The van der Waals surface area contributed by atoms with Crippen LogP contribution in [0.1, 0.15) is 19.2 Å². The van der Waals surface area contributed by atoms with Crippen LogP contribution in [0, 0.1) is 11.8 Å². The quantitative estimate of drug-likeness (QED) is 0.713. The van der Waals surface area contributed by atoms with E-state index in [1.807, 2.05) is 27.8 Å². The number of carbonyl (C=O) groups is 1. The van der Waals surface area contributed by atoms with E-state index in [2.05, 4.69) is 16.8 Å². The molecule has 0 bridgehead atoms. The number of hydrogen-bond acceptors (Lipinski definition) is 6. The van der Waals surface area contributed by atoms with Crippen LogP contribution >= 0.6 is 22.7 Å². The molecule has 0 unspecified atom stereocenters. The van der Waals surface area contributed by atoms with Crippen molar-refractivity contribution in [1.82, 2.24) is 19.8 Å². The number of carbonyl (C=O) groups excluding carboxylic acids is 1. The molecule has 0 radical (unpaired) electrons. The summed E-state index contributed by atoms with van der Waals surface area (Å²) in [7, 11) is 0. The summed E-state index contributed by atoms with van der Waals surface area (Å²) in [5.74, 6) is 1.83. The molecule has 4 heterocycles. The van der Waals surface area contributed by atoms with Crippen LogP contribution in [0.2, 0.25) is 0 Å². The fourth-order valence-corrected chi connectivity index (χ4v) is 5.70. The number of aromatic amines is 1. The van der Waals surface area contributed by atoms with Gasteiger partial charge in [0, 0.05) is 47.9 Å². The van der Waals surface area contributed by atoms with Crippen LogP contribution in [-0.2, 0) is 11.3 Å². The lowest BCUT2D eigenvalue weighted by molar-refractivity contribution is -0.134. The van der Waals surface area contributed by atoms with Gasteiger partial charge in [0.1, 0.15) is 10.7 Å². The normalized spacial score (nSPS) is 22.7. The minimum atomic E-state index is -0.0683. The van der Waals surface area contributed by atoms with Gasteiger partial charge in [0.15, 0.2) is 0 Å². The summed E-state index contributed by atoms with van der Waals surface area (Å²) in [6, 6.07) is 4.02. The predicted molar refractivity (Wildman–Crippen MR) is 113 cm³/mol. The van der Waals surface area contributed by atoms with Gasteiger partial charge in [-0.05, 0) is 23.8 Å². The average molecular weight is 415 g/mol.